The number of carboxylic acid groups (broad SMARTS) is 1. The van der Waals surface area contributed by atoms with Gasteiger partial charge in [-0.05, 0) is 32.0 Å². The molecule has 0 heterocycles. The summed E-state index contributed by atoms with van der Waals surface area (Å²) in [6.07, 6.45) is -1.11. The number of carboxylic acids is 1. The number of hydrogen-bond donors (Lipinski definition) is 4. The average molecular weight is 323 g/mol. The smallest absolute Gasteiger partial charge is 0.334 e. The monoisotopic (exact) mass is 323 g/mol. The van der Waals surface area contributed by atoms with Gasteiger partial charge in [0.1, 0.15) is 0 Å². The third-order valence-electron chi connectivity index (χ3n) is 2.81. The lowest BCUT2D eigenvalue weighted by Crippen LogP contribution is -2.38. The van der Waals surface area contributed by atoms with Crippen LogP contribution in [-0.2, 0) is 9.53 Å². The van der Waals surface area contributed by atoms with E-state index in [0.29, 0.717) is 11.3 Å². The second-order valence-corrected chi connectivity index (χ2v) is 5.11. The molecule has 8 nitrogen and oxygen atoms in total. The number of carbonyl (C=O) groups is 3. The van der Waals surface area contributed by atoms with E-state index in [0.717, 1.165) is 0 Å². The Bertz CT molecular complexity index is 574. The maximum Gasteiger partial charge on any atom is 0.334 e. The molecule has 1 rings (SSSR count). The van der Waals surface area contributed by atoms with Crippen molar-refractivity contribution in [2.75, 3.05) is 19.0 Å². The molecule has 0 aromatic heterocycles. The molecule has 0 aliphatic carbocycles. The molecule has 0 spiro atoms. The number of carbonyl (C=O) groups excluding carboxylic acids is 2. The minimum absolute atomic E-state index is 0.0107. The molecular weight excluding hydrogens is 302 g/mol. The highest BCUT2D eigenvalue weighted by Crippen LogP contribution is 2.10. The van der Waals surface area contributed by atoms with Crippen molar-refractivity contribution in [1.82, 2.24) is 10.6 Å². The minimum Gasteiger partial charge on any atom is -0.479 e. The summed E-state index contributed by atoms with van der Waals surface area (Å²) in [5.41, 5.74) is 0.755. The molecule has 0 aliphatic heterocycles. The predicted molar refractivity (Wildman–Crippen MR) is 84.5 cm³/mol. The van der Waals surface area contributed by atoms with Gasteiger partial charge in [0.05, 0.1) is 6.54 Å². The Morgan fingerprint density at radius 1 is 1.26 bits per heavy atom. The Hall–Kier alpha value is -2.61. The number of aliphatic carboxylic acids is 1. The number of amides is 3. The molecule has 0 saturated carbocycles. The maximum atomic E-state index is 12.0. The van der Waals surface area contributed by atoms with E-state index in [2.05, 4.69) is 16.0 Å². The van der Waals surface area contributed by atoms with Crippen molar-refractivity contribution in [3.05, 3.63) is 29.8 Å². The van der Waals surface area contributed by atoms with E-state index in [-0.39, 0.29) is 18.6 Å². The topological polar surface area (TPSA) is 117 Å². The second kappa shape index (κ2) is 8.74. The van der Waals surface area contributed by atoms with E-state index in [4.69, 9.17) is 9.84 Å². The minimum atomic E-state index is -1.16. The van der Waals surface area contributed by atoms with Gasteiger partial charge >= 0.3 is 12.0 Å². The van der Waals surface area contributed by atoms with Crippen LogP contribution in [0.25, 0.3) is 0 Å². The van der Waals surface area contributed by atoms with E-state index >= 15 is 0 Å². The highest BCUT2D eigenvalue weighted by atomic mass is 16.5. The van der Waals surface area contributed by atoms with E-state index in [1.165, 1.54) is 13.2 Å². The molecule has 1 aromatic rings. The summed E-state index contributed by atoms with van der Waals surface area (Å²) in [6.45, 7) is 3.51. The number of hydrogen-bond acceptors (Lipinski definition) is 4. The van der Waals surface area contributed by atoms with Crippen LogP contribution in [0.1, 0.15) is 24.2 Å². The van der Waals surface area contributed by atoms with Crippen LogP contribution in [0.15, 0.2) is 24.3 Å². The molecule has 1 unspecified atom stereocenters. The molecule has 0 bridgehead atoms. The number of urea groups is 1. The van der Waals surface area contributed by atoms with Gasteiger partial charge in [0.2, 0.25) is 0 Å². The number of anilines is 1. The zero-order chi connectivity index (χ0) is 17.4. The van der Waals surface area contributed by atoms with Crippen LogP contribution in [0, 0.1) is 0 Å². The molecule has 1 aromatic carbocycles. The van der Waals surface area contributed by atoms with Crippen molar-refractivity contribution in [3.8, 4) is 0 Å². The van der Waals surface area contributed by atoms with Crippen LogP contribution < -0.4 is 16.0 Å². The van der Waals surface area contributed by atoms with Crippen molar-refractivity contribution in [2.24, 2.45) is 0 Å². The third-order valence-corrected chi connectivity index (χ3v) is 2.81. The van der Waals surface area contributed by atoms with Crippen molar-refractivity contribution in [3.63, 3.8) is 0 Å². The lowest BCUT2D eigenvalue weighted by molar-refractivity contribution is -0.148. The molecule has 8 heteroatoms. The van der Waals surface area contributed by atoms with Crippen molar-refractivity contribution < 1.29 is 24.2 Å². The van der Waals surface area contributed by atoms with Gasteiger partial charge in [0.25, 0.3) is 5.91 Å². The fraction of sp³-hybridized carbons (Fsp3) is 0.400. The molecule has 0 saturated heterocycles. The SMILES string of the molecule is COC(CNC(=O)c1cccc(NC(=O)NC(C)C)c1)C(=O)O. The van der Waals surface area contributed by atoms with Crippen molar-refractivity contribution >= 4 is 23.6 Å². The molecule has 23 heavy (non-hydrogen) atoms. The van der Waals surface area contributed by atoms with E-state index in [9.17, 15) is 14.4 Å². The number of nitrogens with one attached hydrogen (secondary N) is 3. The van der Waals surface area contributed by atoms with E-state index < -0.39 is 18.0 Å². The van der Waals surface area contributed by atoms with Crippen LogP contribution in [-0.4, -0.2) is 48.8 Å². The summed E-state index contributed by atoms with van der Waals surface area (Å²) >= 11 is 0. The number of methoxy groups -OCH3 is 1. The van der Waals surface area contributed by atoms with Gasteiger partial charge in [-0.2, -0.15) is 0 Å². The normalized spacial score (nSPS) is 11.7. The Morgan fingerprint density at radius 2 is 1.96 bits per heavy atom. The molecule has 3 amide bonds. The molecule has 0 fully saturated rings. The molecule has 0 aliphatic rings. The highest BCUT2D eigenvalue weighted by molar-refractivity contribution is 5.97. The Labute approximate surface area is 134 Å². The summed E-state index contributed by atoms with van der Waals surface area (Å²) in [6, 6.07) is 5.93. The Balaban J connectivity index is 2.66. The van der Waals surface area contributed by atoms with Crippen LogP contribution in [0.2, 0.25) is 0 Å². The van der Waals surface area contributed by atoms with E-state index in [1.807, 2.05) is 13.8 Å². The molecule has 1 atom stereocenters. The maximum absolute atomic E-state index is 12.0. The number of ether oxygens (including phenoxy) is 1. The highest BCUT2D eigenvalue weighted by Gasteiger charge is 2.17. The fourth-order valence-electron chi connectivity index (χ4n) is 1.73. The van der Waals surface area contributed by atoms with Gasteiger partial charge in [-0.1, -0.05) is 6.07 Å². The van der Waals surface area contributed by atoms with Gasteiger partial charge in [0.15, 0.2) is 6.10 Å². The first-order valence-electron chi connectivity index (χ1n) is 7.05. The quantitative estimate of drug-likeness (QED) is 0.598. The molecule has 0 radical (unpaired) electrons. The Kier molecular flexibility index (Phi) is 7.01. The zero-order valence-electron chi connectivity index (χ0n) is 13.3. The van der Waals surface area contributed by atoms with Gasteiger partial charge in [-0.3, -0.25) is 4.79 Å². The summed E-state index contributed by atoms with van der Waals surface area (Å²) in [4.78, 5) is 34.5. The second-order valence-electron chi connectivity index (χ2n) is 5.11. The standard InChI is InChI=1S/C15H21N3O5/c1-9(2)17-15(22)18-11-6-4-5-10(7-11)13(19)16-8-12(23-3)14(20)21/h4-7,9,12H,8H2,1-3H3,(H,16,19)(H,20,21)(H2,17,18,22). The Morgan fingerprint density at radius 3 is 2.52 bits per heavy atom. The predicted octanol–water partition coefficient (Wildman–Crippen LogP) is 1.05. The summed E-state index contributed by atoms with van der Waals surface area (Å²) in [5.74, 6) is -1.62. The summed E-state index contributed by atoms with van der Waals surface area (Å²) in [5, 5.41) is 16.6. The van der Waals surface area contributed by atoms with E-state index in [1.54, 1.807) is 18.2 Å². The fourth-order valence-corrected chi connectivity index (χ4v) is 1.73. The summed E-state index contributed by atoms with van der Waals surface area (Å²) in [7, 11) is 1.25. The van der Waals surface area contributed by atoms with Gasteiger partial charge < -0.3 is 25.8 Å². The van der Waals surface area contributed by atoms with Gasteiger partial charge in [0, 0.05) is 24.4 Å². The van der Waals surface area contributed by atoms with Crippen LogP contribution >= 0.6 is 0 Å². The average Bonchev–Trinajstić information content (AvgIpc) is 2.46. The molecular formula is C15H21N3O5. The van der Waals surface area contributed by atoms with Crippen molar-refractivity contribution in [2.45, 2.75) is 26.0 Å². The number of rotatable bonds is 7. The summed E-state index contributed by atoms with van der Waals surface area (Å²) < 4.78 is 4.73. The lowest BCUT2D eigenvalue weighted by Gasteiger charge is -2.13. The van der Waals surface area contributed by atoms with Crippen LogP contribution in [0.4, 0.5) is 10.5 Å². The molecule has 126 valence electrons. The first-order valence-corrected chi connectivity index (χ1v) is 7.05. The number of benzene rings is 1. The largest absolute Gasteiger partial charge is 0.479 e. The van der Waals surface area contributed by atoms with Gasteiger partial charge in [-0.25, -0.2) is 9.59 Å². The first-order chi connectivity index (χ1) is 10.8. The van der Waals surface area contributed by atoms with Gasteiger partial charge in [-0.15, -0.1) is 0 Å². The van der Waals surface area contributed by atoms with Crippen LogP contribution in [0.3, 0.4) is 0 Å². The van der Waals surface area contributed by atoms with Crippen LogP contribution in [0.5, 0.6) is 0 Å². The third kappa shape index (κ3) is 6.35. The molecule has 4 N–H and O–H groups in total. The first kappa shape index (κ1) is 18.4. The zero-order valence-corrected chi connectivity index (χ0v) is 13.3. The van der Waals surface area contributed by atoms with Crippen molar-refractivity contribution in [1.29, 1.82) is 0 Å². The lowest BCUT2D eigenvalue weighted by atomic mass is 10.2.